The maximum atomic E-state index is 12.5. The van der Waals surface area contributed by atoms with Crippen molar-refractivity contribution in [2.45, 2.75) is 50.4 Å². The number of aromatic nitrogens is 4. The molecule has 2 aliphatic rings. The predicted octanol–water partition coefficient (Wildman–Crippen LogP) is 1.73. The molecule has 25 heavy (non-hydrogen) atoms. The van der Waals surface area contributed by atoms with E-state index in [-0.39, 0.29) is 24.2 Å². The van der Waals surface area contributed by atoms with Crippen molar-refractivity contribution in [3.63, 3.8) is 0 Å². The van der Waals surface area contributed by atoms with Gasteiger partial charge in [0.05, 0.1) is 12.1 Å². The molecule has 1 unspecified atom stereocenters. The van der Waals surface area contributed by atoms with Crippen LogP contribution in [0.15, 0.2) is 30.9 Å². The van der Waals surface area contributed by atoms with Gasteiger partial charge >= 0.3 is 6.03 Å². The van der Waals surface area contributed by atoms with Gasteiger partial charge in [-0.15, -0.1) is 0 Å². The van der Waals surface area contributed by atoms with Gasteiger partial charge in [-0.25, -0.2) is 14.5 Å². The number of pyridine rings is 1. The number of rotatable bonds is 3. The fourth-order valence-corrected chi connectivity index (χ4v) is 3.61. The Hall–Kier alpha value is -2.48. The molecule has 3 atom stereocenters. The highest BCUT2D eigenvalue weighted by atomic mass is 16.5. The third-order valence-electron chi connectivity index (χ3n) is 4.80. The van der Waals surface area contributed by atoms with E-state index in [1.165, 1.54) is 0 Å². The lowest BCUT2D eigenvalue weighted by molar-refractivity contribution is -0.00758. The lowest BCUT2D eigenvalue weighted by Crippen LogP contribution is -2.48. The second-order valence-corrected chi connectivity index (χ2v) is 6.47. The summed E-state index contributed by atoms with van der Waals surface area (Å²) in [7, 11) is 0. The Morgan fingerprint density at radius 2 is 2.08 bits per heavy atom. The number of nitrogens with zero attached hydrogens (tertiary/aromatic N) is 4. The van der Waals surface area contributed by atoms with Crippen LogP contribution in [0.3, 0.4) is 0 Å². The maximum Gasteiger partial charge on any atom is 0.315 e. The van der Waals surface area contributed by atoms with Crippen molar-refractivity contribution in [1.82, 2.24) is 30.4 Å². The molecular formula is C17H22N6O2. The van der Waals surface area contributed by atoms with Gasteiger partial charge < -0.3 is 15.4 Å². The highest BCUT2D eigenvalue weighted by molar-refractivity contribution is 5.74. The van der Waals surface area contributed by atoms with E-state index in [4.69, 9.17) is 4.74 Å². The number of hydrogen-bond donors (Lipinski definition) is 2. The molecule has 2 N–H and O–H groups in total. The molecule has 0 spiro atoms. The summed E-state index contributed by atoms with van der Waals surface area (Å²) < 4.78 is 7.77. The summed E-state index contributed by atoms with van der Waals surface area (Å²) >= 11 is 0. The van der Waals surface area contributed by atoms with E-state index >= 15 is 0 Å². The van der Waals surface area contributed by atoms with Crippen molar-refractivity contribution in [2.24, 2.45) is 0 Å². The molecule has 0 aliphatic carbocycles. The second kappa shape index (κ2) is 7.18. The Morgan fingerprint density at radius 3 is 2.96 bits per heavy atom. The van der Waals surface area contributed by atoms with Crippen LogP contribution in [0.2, 0.25) is 0 Å². The highest BCUT2D eigenvalue weighted by Gasteiger charge is 2.30. The quantitative estimate of drug-likeness (QED) is 0.886. The van der Waals surface area contributed by atoms with Crippen LogP contribution < -0.4 is 10.6 Å². The monoisotopic (exact) mass is 342 g/mol. The number of aryl methyl sites for hydroxylation is 1. The third kappa shape index (κ3) is 3.48. The molecule has 0 radical (unpaired) electrons. The first-order valence-corrected chi connectivity index (χ1v) is 8.77. The molecule has 8 heteroatoms. The topological polar surface area (TPSA) is 94.0 Å². The molecule has 2 aromatic rings. The van der Waals surface area contributed by atoms with Crippen LogP contribution in [-0.2, 0) is 11.3 Å². The van der Waals surface area contributed by atoms with Gasteiger partial charge in [0.15, 0.2) is 0 Å². The Kier molecular flexibility index (Phi) is 4.60. The molecule has 0 bridgehead atoms. The fraction of sp³-hybridized carbons (Fsp3) is 0.529. The van der Waals surface area contributed by atoms with Crippen LogP contribution in [0.5, 0.6) is 0 Å². The first kappa shape index (κ1) is 16.0. The van der Waals surface area contributed by atoms with Gasteiger partial charge in [0.1, 0.15) is 18.3 Å². The van der Waals surface area contributed by atoms with Crippen molar-refractivity contribution in [3.8, 4) is 0 Å². The summed E-state index contributed by atoms with van der Waals surface area (Å²) in [4.78, 5) is 20.9. The van der Waals surface area contributed by atoms with Crippen molar-refractivity contribution >= 4 is 6.03 Å². The van der Waals surface area contributed by atoms with Crippen LogP contribution >= 0.6 is 0 Å². The van der Waals surface area contributed by atoms with E-state index in [2.05, 4.69) is 25.7 Å². The minimum atomic E-state index is -0.184. The van der Waals surface area contributed by atoms with Crippen LogP contribution in [0, 0.1) is 0 Å². The Bertz CT molecular complexity index is 719. The Labute approximate surface area is 146 Å². The van der Waals surface area contributed by atoms with Crippen LogP contribution in [0.25, 0.3) is 0 Å². The van der Waals surface area contributed by atoms with Gasteiger partial charge in [0.2, 0.25) is 0 Å². The number of carbonyl (C=O) groups excluding carboxylic acids is 1. The number of ether oxygens (including phenoxy) is 1. The molecule has 4 heterocycles. The molecular weight excluding hydrogens is 320 g/mol. The summed E-state index contributed by atoms with van der Waals surface area (Å²) in [5, 5.41) is 10.3. The van der Waals surface area contributed by atoms with Crippen LogP contribution in [0.4, 0.5) is 4.79 Å². The number of urea groups is 1. The van der Waals surface area contributed by atoms with E-state index in [0.717, 1.165) is 43.6 Å². The maximum absolute atomic E-state index is 12.5. The van der Waals surface area contributed by atoms with Gasteiger partial charge in [-0.1, -0.05) is 0 Å². The molecule has 2 aliphatic heterocycles. The number of carbonyl (C=O) groups is 1. The van der Waals surface area contributed by atoms with Crippen LogP contribution in [0.1, 0.15) is 49.2 Å². The predicted molar refractivity (Wildman–Crippen MR) is 89.6 cm³/mol. The lowest BCUT2D eigenvalue weighted by Gasteiger charge is -2.33. The van der Waals surface area contributed by atoms with Gasteiger partial charge in [-0.2, -0.15) is 5.10 Å². The summed E-state index contributed by atoms with van der Waals surface area (Å²) in [6, 6.07) is 3.53. The van der Waals surface area contributed by atoms with Gasteiger partial charge in [0, 0.05) is 25.5 Å². The molecule has 4 rings (SSSR count). The van der Waals surface area contributed by atoms with Crippen molar-refractivity contribution in [1.29, 1.82) is 0 Å². The minimum absolute atomic E-state index is 0.0578. The standard InChI is InChI=1S/C17H22N6O2/c24-17(22-14-3-1-9-23-16(14)19-11-20-23)21-13-4-2-10-25-15(13)12-5-7-18-8-6-12/h5-8,11,13-15H,1-4,9-10H2,(H2,21,22,24)/t13-,14?,15+/m0/s1. The third-order valence-corrected chi connectivity index (χ3v) is 4.80. The number of hydrogen-bond acceptors (Lipinski definition) is 5. The zero-order valence-corrected chi connectivity index (χ0v) is 14.0. The van der Waals surface area contributed by atoms with Crippen LogP contribution in [-0.4, -0.2) is 38.4 Å². The molecule has 2 amide bonds. The molecule has 1 saturated heterocycles. The molecule has 2 aromatic heterocycles. The molecule has 132 valence electrons. The van der Waals surface area contributed by atoms with Gasteiger partial charge in [-0.3, -0.25) is 4.98 Å². The minimum Gasteiger partial charge on any atom is -0.371 e. The average molecular weight is 342 g/mol. The first-order valence-electron chi connectivity index (χ1n) is 8.77. The van der Waals surface area contributed by atoms with Gasteiger partial charge in [-0.05, 0) is 43.4 Å². The van der Waals surface area contributed by atoms with E-state index in [9.17, 15) is 4.79 Å². The molecule has 0 aromatic carbocycles. The average Bonchev–Trinajstić information content (AvgIpc) is 3.13. The smallest absolute Gasteiger partial charge is 0.315 e. The van der Waals surface area contributed by atoms with E-state index in [1.54, 1.807) is 18.7 Å². The zero-order chi connectivity index (χ0) is 17.1. The summed E-state index contributed by atoms with van der Waals surface area (Å²) in [6.45, 7) is 1.56. The molecule has 0 saturated carbocycles. The number of fused-ring (bicyclic) bond motifs is 1. The van der Waals surface area contributed by atoms with Crippen molar-refractivity contribution < 1.29 is 9.53 Å². The SMILES string of the molecule is O=C(NC1CCCn2ncnc21)N[C@H]1CCCO[C@@H]1c1ccncc1. The van der Waals surface area contributed by atoms with Crippen molar-refractivity contribution in [3.05, 3.63) is 42.2 Å². The van der Waals surface area contributed by atoms with E-state index in [0.29, 0.717) is 6.61 Å². The largest absolute Gasteiger partial charge is 0.371 e. The first-order chi connectivity index (χ1) is 12.3. The van der Waals surface area contributed by atoms with E-state index < -0.39 is 0 Å². The van der Waals surface area contributed by atoms with Crippen molar-refractivity contribution in [2.75, 3.05) is 6.61 Å². The fourth-order valence-electron chi connectivity index (χ4n) is 3.61. The summed E-state index contributed by atoms with van der Waals surface area (Å²) in [5.41, 5.74) is 1.04. The highest BCUT2D eigenvalue weighted by Crippen LogP contribution is 2.28. The second-order valence-electron chi connectivity index (χ2n) is 6.47. The number of nitrogens with one attached hydrogen (secondary N) is 2. The summed E-state index contributed by atoms with van der Waals surface area (Å²) in [6.07, 6.45) is 8.58. The van der Waals surface area contributed by atoms with Gasteiger partial charge in [0.25, 0.3) is 0 Å². The van der Waals surface area contributed by atoms with E-state index in [1.807, 2.05) is 16.8 Å². The lowest BCUT2D eigenvalue weighted by atomic mass is 9.97. The molecule has 8 nitrogen and oxygen atoms in total. The normalized spacial score (nSPS) is 25.8. The Balaban J connectivity index is 1.41. The molecule has 1 fully saturated rings. The zero-order valence-electron chi connectivity index (χ0n) is 14.0. The number of amides is 2. The Morgan fingerprint density at radius 1 is 1.20 bits per heavy atom. The summed E-state index contributed by atoms with van der Waals surface area (Å²) in [5.74, 6) is 0.826.